The Morgan fingerprint density at radius 3 is 2.25 bits per heavy atom. The highest BCUT2D eigenvalue weighted by Gasteiger charge is 2.38. The maximum Gasteiger partial charge on any atom is 0.266 e. The lowest BCUT2D eigenvalue weighted by atomic mass is 10.1. The van der Waals surface area contributed by atoms with Crippen molar-refractivity contribution in [1.29, 1.82) is 0 Å². The van der Waals surface area contributed by atoms with Crippen molar-refractivity contribution in [3.63, 3.8) is 0 Å². The number of nitrogens with one attached hydrogen (secondary N) is 2. The molecule has 0 fully saturated rings. The van der Waals surface area contributed by atoms with Gasteiger partial charge in [0.05, 0.1) is 21.8 Å². The van der Waals surface area contributed by atoms with Gasteiger partial charge in [-0.15, -0.1) is 0 Å². The molecule has 1 aliphatic heterocycles. The molecule has 3 amide bonds. The first-order chi connectivity index (χ1) is 17.3. The first-order valence-corrected chi connectivity index (χ1v) is 11.5. The van der Waals surface area contributed by atoms with E-state index in [9.17, 15) is 14.4 Å². The number of fused-ring (bicyclic) bond motifs is 1. The maximum absolute atomic E-state index is 13.1. The van der Waals surface area contributed by atoms with Gasteiger partial charge >= 0.3 is 0 Å². The molecule has 2 heterocycles. The average molecular weight is 498 g/mol. The Labute approximate surface area is 212 Å². The van der Waals surface area contributed by atoms with Gasteiger partial charge in [-0.05, 0) is 68.4 Å². The number of rotatable bonds is 5. The van der Waals surface area contributed by atoms with Crippen molar-refractivity contribution in [2.45, 2.75) is 13.8 Å². The van der Waals surface area contributed by atoms with Crippen molar-refractivity contribution in [2.24, 2.45) is 0 Å². The second-order valence-electron chi connectivity index (χ2n) is 8.29. The van der Waals surface area contributed by atoms with Crippen LogP contribution in [-0.4, -0.2) is 27.7 Å². The molecule has 8 nitrogen and oxygen atoms in total. The molecule has 0 saturated heterocycles. The number of hydrogen-bond acceptors (Lipinski definition) is 6. The lowest BCUT2D eigenvalue weighted by Crippen LogP contribution is -2.29. The molecule has 2 N–H and O–H groups in total. The summed E-state index contributed by atoms with van der Waals surface area (Å²) in [6.07, 6.45) is 0. The van der Waals surface area contributed by atoms with Gasteiger partial charge in [0.1, 0.15) is 0 Å². The van der Waals surface area contributed by atoms with E-state index in [0.29, 0.717) is 23.0 Å². The van der Waals surface area contributed by atoms with Crippen LogP contribution in [-0.2, 0) is 0 Å². The van der Waals surface area contributed by atoms with Crippen LogP contribution < -0.4 is 15.5 Å². The number of hydrogen-bond donors (Lipinski definition) is 2. The van der Waals surface area contributed by atoms with Crippen LogP contribution in [0.3, 0.4) is 0 Å². The molecule has 178 valence electrons. The van der Waals surface area contributed by atoms with Crippen LogP contribution in [0.1, 0.15) is 42.5 Å². The Bertz CT molecular complexity index is 1530. The molecule has 3 aromatic carbocycles. The van der Waals surface area contributed by atoms with Crippen molar-refractivity contribution in [3.8, 4) is 0 Å². The summed E-state index contributed by atoms with van der Waals surface area (Å²) in [5.41, 5.74) is 3.82. The molecule has 1 aliphatic rings. The Balaban J connectivity index is 1.36. The first-order valence-electron chi connectivity index (χ1n) is 11.1. The molecular weight excluding hydrogens is 478 g/mol. The highest BCUT2D eigenvalue weighted by molar-refractivity contribution is 6.40. The van der Waals surface area contributed by atoms with Crippen LogP contribution in [0, 0.1) is 13.8 Å². The fraction of sp³-hybridized carbons (Fsp3) is 0.0741. The zero-order valence-electron chi connectivity index (χ0n) is 19.4. The van der Waals surface area contributed by atoms with E-state index in [0.717, 1.165) is 16.3 Å². The number of aryl methyl sites for hydroxylation is 2. The highest BCUT2D eigenvalue weighted by Crippen LogP contribution is 2.33. The predicted molar refractivity (Wildman–Crippen MR) is 138 cm³/mol. The molecule has 0 spiro atoms. The van der Waals surface area contributed by atoms with Gasteiger partial charge in [0.25, 0.3) is 17.7 Å². The highest BCUT2D eigenvalue weighted by atomic mass is 35.5. The smallest absolute Gasteiger partial charge is 0.266 e. The zero-order valence-corrected chi connectivity index (χ0v) is 20.1. The van der Waals surface area contributed by atoms with E-state index in [1.807, 2.05) is 26.0 Å². The first kappa shape index (κ1) is 23.2. The third-order valence-electron chi connectivity index (χ3n) is 5.60. The van der Waals surface area contributed by atoms with Crippen LogP contribution in [0.2, 0.25) is 5.02 Å². The number of carbonyl (C=O) groups excluding carboxylic acids is 3. The van der Waals surface area contributed by atoms with E-state index < -0.39 is 17.7 Å². The van der Waals surface area contributed by atoms with E-state index in [4.69, 9.17) is 11.6 Å². The molecule has 1 aromatic heterocycles. The van der Waals surface area contributed by atoms with Gasteiger partial charge in [0.15, 0.2) is 0 Å². The molecule has 9 heteroatoms. The fourth-order valence-corrected chi connectivity index (χ4v) is 4.24. The molecule has 4 aromatic rings. The summed E-state index contributed by atoms with van der Waals surface area (Å²) in [7, 11) is 0. The molecular formula is C27H20ClN5O3. The van der Waals surface area contributed by atoms with Gasteiger partial charge in [-0.3, -0.25) is 14.4 Å². The minimum absolute atomic E-state index is 0.148. The third-order valence-corrected chi connectivity index (χ3v) is 5.92. The molecule has 0 atom stereocenters. The summed E-state index contributed by atoms with van der Waals surface area (Å²) in [5, 5.41) is 6.24. The summed E-state index contributed by atoms with van der Waals surface area (Å²) in [6, 6.07) is 20.0. The van der Waals surface area contributed by atoms with E-state index in [1.54, 1.807) is 42.5 Å². The van der Waals surface area contributed by atoms with Gasteiger partial charge in [-0.1, -0.05) is 29.8 Å². The predicted octanol–water partition coefficient (Wildman–Crippen LogP) is 5.54. The summed E-state index contributed by atoms with van der Waals surface area (Å²) in [5.74, 6) is -0.977. The number of carbonyl (C=O) groups is 3. The number of imide groups is 1. The van der Waals surface area contributed by atoms with E-state index in [2.05, 4.69) is 20.6 Å². The van der Waals surface area contributed by atoms with E-state index in [1.165, 1.54) is 18.2 Å². The topological polar surface area (TPSA) is 104 Å². The number of benzene rings is 3. The maximum atomic E-state index is 13.1. The Hall–Kier alpha value is -4.56. The van der Waals surface area contributed by atoms with Gasteiger partial charge < -0.3 is 10.6 Å². The molecule has 5 rings (SSSR count). The second-order valence-corrected chi connectivity index (χ2v) is 8.70. The third kappa shape index (κ3) is 4.42. The Kier molecular flexibility index (Phi) is 5.95. The number of para-hydroxylation sites is 1. The number of nitrogens with zero attached hydrogens (tertiary/aromatic N) is 3. The number of anilines is 4. The van der Waals surface area contributed by atoms with E-state index >= 15 is 0 Å². The summed E-state index contributed by atoms with van der Waals surface area (Å²) in [4.78, 5) is 48.7. The standard InChI is InChI=1S/C27H20ClN5O3/c1-15-12-16(2)30-27(29-15)32-19-7-5-6-18(14-19)31-24(34)17-10-11-20-21(13-17)26(36)33(25(20)35)23-9-4-3-8-22(23)28/h3-14H,1-2H3,(H,31,34)(H,29,30,32). The minimum Gasteiger partial charge on any atom is -0.324 e. The lowest BCUT2D eigenvalue weighted by Gasteiger charge is -2.15. The van der Waals surface area contributed by atoms with Gasteiger partial charge in [-0.25, -0.2) is 14.9 Å². The molecule has 0 radical (unpaired) electrons. The van der Waals surface area contributed by atoms with E-state index in [-0.39, 0.29) is 21.7 Å². The summed E-state index contributed by atoms with van der Waals surface area (Å²) < 4.78 is 0. The lowest BCUT2D eigenvalue weighted by molar-refractivity contribution is 0.0925. The fourth-order valence-electron chi connectivity index (χ4n) is 4.02. The summed E-state index contributed by atoms with van der Waals surface area (Å²) >= 11 is 6.21. The van der Waals surface area contributed by atoms with Crippen LogP contribution >= 0.6 is 11.6 Å². The molecule has 0 unspecified atom stereocenters. The summed E-state index contributed by atoms with van der Waals surface area (Å²) in [6.45, 7) is 3.78. The molecule has 0 aliphatic carbocycles. The quantitative estimate of drug-likeness (QED) is 0.351. The molecule has 0 bridgehead atoms. The Morgan fingerprint density at radius 2 is 1.50 bits per heavy atom. The molecule has 36 heavy (non-hydrogen) atoms. The average Bonchev–Trinajstić information content (AvgIpc) is 3.08. The second kappa shape index (κ2) is 9.24. The van der Waals surface area contributed by atoms with Crippen LogP contribution in [0.15, 0.2) is 72.8 Å². The SMILES string of the molecule is Cc1cc(C)nc(Nc2cccc(NC(=O)c3ccc4c(c3)C(=O)N(c3ccccc3Cl)C4=O)c2)n1. The van der Waals surface area contributed by atoms with Crippen LogP contribution in [0.25, 0.3) is 0 Å². The van der Waals surface area contributed by atoms with Crippen molar-refractivity contribution in [3.05, 3.63) is 106 Å². The van der Waals surface area contributed by atoms with Gasteiger partial charge in [-0.2, -0.15) is 0 Å². The van der Waals surface area contributed by atoms with Crippen LogP contribution in [0.5, 0.6) is 0 Å². The molecule has 0 saturated carbocycles. The van der Waals surface area contributed by atoms with Crippen LogP contribution in [0.4, 0.5) is 23.0 Å². The number of halogens is 1. The van der Waals surface area contributed by atoms with Gasteiger partial charge in [0.2, 0.25) is 5.95 Å². The minimum atomic E-state index is -0.530. The van der Waals surface area contributed by atoms with Crippen molar-refractivity contribution >= 4 is 52.3 Å². The van der Waals surface area contributed by atoms with Gasteiger partial charge in [0, 0.05) is 28.3 Å². The Morgan fingerprint density at radius 1 is 0.806 bits per heavy atom. The van der Waals surface area contributed by atoms with Crippen molar-refractivity contribution < 1.29 is 14.4 Å². The normalized spacial score (nSPS) is 12.5. The zero-order chi connectivity index (χ0) is 25.4. The van der Waals surface area contributed by atoms with Crippen molar-refractivity contribution in [1.82, 2.24) is 9.97 Å². The van der Waals surface area contributed by atoms with Crippen molar-refractivity contribution in [2.75, 3.05) is 15.5 Å². The monoisotopic (exact) mass is 497 g/mol. The number of aromatic nitrogens is 2. The number of amides is 3. The largest absolute Gasteiger partial charge is 0.324 e.